The first kappa shape index (κ1) is 17.4. The van der Waals surface area contributed by atoms with E-state index in [1.54, 1.807) is 24.4 Å². The highest BCUT2D eigenvalue weighted by Gasteiger charge is 2.27. The maximum Gasteiger partial charge on any atom is 0.274 e. The van der Waals surface area contributed by atoms with Crippen LogP contribution < -0.4 is 14.8 Å². The lowest BCUT2D eigenvalue weighted by Crippen LogP contribution is -2.23. The second-order valence-electron chi connectivity index (χ2n) is 7.01. The van der Waals surface area contributed by atoms with Crippen molar-refractivity contribution in [1.82, 2.24) is 4.98 Å². The molecule has 0 unspecified atom stereocenters. The number of benzene rings is 2. The zero-order chi connectivity index (χ0) is 19.8. The first-order valence-electron chi connectivity index (χ1n) is 9.52. The number of pyridine rings is 1. The Morgan fingerprint density at radius 3 is 2.72 bits per heavy atom. The molecule has 1 N–H and O–H groups in total. The third-order valence-electron chi connectivity index (χ3n) is 5.09. The number of nitrogens with zero attached hydrogens (tertiary/aromatic N) is 2. The number of hydrogen-bond donors (Lipinski definition) is 1. The molecule has 0 spiro atoms. The van der Waals surface area contributed by atoms with Crippen LogP contribution in [0.4, 0.5) is 5.69 Å². The number of amides is 1. The van der Waals surface area contributed by atoms with Crippen molar-refractivity contribution < 1.29 is 14.3 Å². The molecule has 29 heavy (non-hydrogen) atoms. The Labute approximate surface area is 168 Å². The number of hydrogen-bond acceptors (Lipinski definition) is 5. The number of ether oxygens (including phenoxy) is 2. The summed E-state index contributed by atoms with van der Waals surface area (Å²) >= 11 is 0. The Hall–Kier alpha value is -3.67. The number of carbonyl (C=O) groups is 1. The fourth-order valence-corrected chi connectivity index (χ4v) is 3.66. The second kappa shape index (κ2) is 7.05. The fourth-order valence-electron chi connectivity index (χ4n) is 3.66. The summed E-state index contributed by atoms with van der Waals surface area (Å²) in [4.78, 5) is 21.8. The molecule has 5 rings (SSSR count). The van der Waals surface area contributed by atoms with Gasteiger partial charge >= 0.3 is 0 Å². The normalized spacial score (nSPS) is 16.7. The van der Waals surface area contributed by atoms with Gasteiger partial charge in [0.25, 0.3) is 5.91 Å². The molecule has 1 atom stereocenters. The van der Waals surface area contributed by atoms with Gasteiger partial charge in [-0.25, -0.2) is 0 Å². The molecule has 6 nitrogen and oxygen atoms in total. The van der Waals surface area contributed by atoms with Gasteiger partial charge in [-0.05, 0) is 42.3 Å². The number of carbonyl (C=O) groups excluding carboxylic acids is 1. The molecule has 0 radical (unpaired) electrons. The van der Waals surface area contributed by atoms with Crippen molar-refractivity contribution in [3.8, 4) is 22.6 Å². The molecule has 3 heterocycles. The summed E-state index contributed by atoms with van der Waals surface area (Å²) in [5.74, 6) is 1.08. The van der Waals surface area contributed by atoms with Gasteiger partial charge in [0.05, 0.1) is 6.04 Å². The minimum absolute atomic E-state index is 0.0611. The van der Waals surface area contributed by atoms with Gasteiger partial charge in [-0.1, -0.05) is 18.2 Å². The van der Waals surface area contributed by atoms with E-state index in [1.165, 1.54) is 0 Å². The SMILES string of the molecule is C[C@@H]1N=C(C(=O)Nc2ccc3c(c2)OCCO3)c2cc(-c3cccnc3)ccc21. The van der Waals surface area contributed by atoms with Crippen molar-refractivity contribution in [3.63, 3.8) is 0 Å². The fraction of sp³-hybridized carbons (Fsp3) is 0.174. The highest BCUT2D eigenvalue weighted by atomic mass is 16.6. The first-order valence-corrected chi connectivity index (χ1v) is 9.52. The Morgan fingerprint density at radius 1 is 1.03 bits per heavy atom. The summed E-state index contributed by atoms with van der Waals surface area (Å²) in [5, 5.41) is 2.94. The number of rotatable bonds is 3. The first-order chi connectivity index (χ1) is 14.2. The Kier molecular flexibility index (Phi) is 4.24. The molecule has 1 amide bonds. The largest absolute Gasteiger partial charge is 0.486 e. The van der Waals surface area contributed by atoms with Gasteiger partial charge in [0.1, 0.15) is 18.9 Å². The molecule has 6 heteroatoms. The molecule has 1 aromatic heterocycles. The standard InChI is InChI=1S/C23H19N3O3/c1-14-18-6-4-15(16-3-2-8-24-13-16)11-19(18)22(25-14)23(27)26-17-5-7-20-21(12-17)29-10-9-28-20/h2-8,11-14H,9-10H2,1H3,(H,26,27)/t14-/m0/s1. The molecule has 2 aromatic carbocycles. The highest BCUT2D eigenvalue weighted by molar-refractivity contribution is 6.50. The lowest BCUT2D eigenvalue weighted by molar-refractivity contribution is -0.110. The average Bonchev–Trinajstić information content (AvgIpc) is 3.10. The van der Waals surface area contributed by atoms with Gasteiger partial charge in [-0.3, -0.25) is 14.8 Å². The van der Waals surface area contributed by atoms with Crippen LogP contribution in [-0.4, -0.2) is 29.8 Å². The van der Waals surface area contributed by atoms with Crippen molar-refractivity contribution >= 4 is 17.3 Å². The number of anilines is 1. The summed E-state index contributed by atoms with van der Waals surface area (Å²) in [6, 6.07) is 15.3. The molecule has 0 aliphatic carbocycles. The minimum atomic E-state index is -0.240. The lowest BCUT2D eigenvalue weighted by atomic mass is 9.96. The van der Waals surface area contributed by atoms with Gasteiger partial charge in [0.2, 0.25) is 0 Å². The Balaban J connectivity index is 1.44. The van der Waals surface area contributed by atoms with E-state index < -0.39 is 0 Å². The van der Waals surface area contributed by atoms with Gasteiger partial charge < -0.3 is 14.8 Å². The molecule has 0 bridgehead atoms. The molecule has 144 valence electrons. The smallest absolute Gasteiger partial charge is 0.274 e. The lowest BCUT2D eigenvalue weighted by Gasteiger charge is -2.19. The van der Waals surface area contributed by atoms with Crippen molar-refractivity contribution in [2.45, 2.75) is 13.0 Å². The molecular formula is C23H19N3O3. The van der Waals surface area contributed by atoms with Crippen LogP contribution in [0, 0.1) is 0 Å². The number of aromatic nitrogens is 1. The monoisotopic (exact) mass is 385 g/mol. The molecule has 0 saturated carbocycles. The van der Waals surface area contributed by atoms with Crippen LogP contribution in [0.3, 0.4) is 0 Å². The van der Waals surface area contributed by atoms with Crippen LogP contribution in [0.25, 0.3) is 11.1 Å². The van der Waals surface area contributed by atoms with E-state index in [2.05, 4.69) is 15.3 Å². The summed E-state index contributed by atoms with van der Waals surface area (Å²) in [6.45, 7) is 3.02. The highest BCUT2D eigenvalue weighted by Crippen LogP contribution is 2.35. The van der Waals surface area contributed by atoms with Crippen molar-refractivity contribution in [2.75, 3.05) is 18.5 Å². The summed E-state index contributed by atoms with van der Waals surface area (Å²) < 4.78 is 11.1. The quantitative estimate of drug-likeness (QED) is 0.739. The number of aliphatic imine (C=N–C) groups is 1. The molecule has 2 aliphatic heterocycles. The van der Waals surface area contributed by atoms with E-state index in [1.807, 2.05) is 43.5 Å². The number of fused-ring (bicyclic) bond motifs is 2. The van der Waals surface area contributed by atoms with Crippen molar-refractivity contribution in [3.05, 3.63) is 72.1 Å². The van der Waals surface area contributed by atoms with Crippen LogP contribution in [0.1, 0.15) is 24.1 Å². The second-order valence-corrected chi connectivity index (χ2v) is 7.01. The van der Waals surface area contributed by atoms with Gasteiger partial charge in [-0.2, -0.15) is 0 Å². The van der Waals surface area contributed by atoms with E-state index in [0.29, 0.717) is 36.1 Å². The molecule has 0 fully saturated rings. The molecule has 0 saturated heterocycles. The van der Waals surface area contributed by atoms with E-state index in [9.17, 15) is 4.79 Å². The zero-order valence-corrected chi connectivity index (χ0v) is 15.9. The average molecular weight is 385 g/mol. The minimum Gasteiger partial charge on any atom is -0.486 e. The van der Waals surface area contributed by atoms with Crippen LogP contribution in [-0.2, 0) is 4.79 Å². The maximum atomic E-state index is 13.0. The van der Waals surface area contributed by atoms with Crippen LogP contribution in [0.5, 0.6) is 11.5 Å². The van der Waals surface area contributed by atoms with Crippen molar-refractivity contribution in [2.24, 2.45) is 4.99 Å². The summed E-state index contributed by atoms with van der Waals surface area (Å²) in [6.07, 6.45) is 3.55. The van der Waals surface area contributed by atoms with Gasteiger partial charge in [-0.15, -0.1) is 0 Å². The van der Waals surface area contributed by atoms with E-state index in [0.717, 1.165) is 22.3 Å². The van der Waals surface area contributed by atoms with Crippen molar-refractivity contribution in [1.29, 1.82) is 0 Å². The van der Waals surface area contributed by atoms with E-state index in [4.69, 9.17) is 9.47 Å². The maximum absolute atomic E-state index is 13.0. The van der Waals surface area contributed by atoms with Crippen LogP contribution in [0.2, 0.25) is 0 Å². The Morgan fingerprint density at radius 2 is 1.90 bits per heavy atom. The van der Waals surface area contributed by atoms with Crippen LogP contribution >= 0.6 is 0 Å². The Bertz CT molecular complexity index is 1130. The van der Waals surface area contributed by atoms with Gasteiger partial charge in [0, 0.05) is 35.3 Å². The molecular weight excluding hydrogens is 366 g/mol. The van der Waals surface area contributed by atoms with Gasteiger partial charge in [0.15, 0.2) is 11.5 Å². The topological polar surface area (TPSA) is 72.8 Å². The zero-order valence-electron chi connectivity index (χ0n) is 15.9. The third-order valence-corrected chi connectivity index (χ3v) is 5.09. The van der Waals surface area contributed by atoms with E-state index in [-0.39, 0.29) is 11.9 Å². The number of nitrogens with one attached hydrogen (secondary N) is 1. The third kappa shape index (κ3) is 3.23. The van der Waals surface area contributed by atoms with Crippen LogP contribution in [0.15, 0.2) is 65.9 Å². The molecule has 2 aliphatic rings. The summed E-state index contributed by atoms with van der Waals surface area (Å²) in [7, 11) is 0. The predicted octanol–water partition coefficient (Wildman–Crippen LogP) is 4.02. The summed E-state index contributed by atoms with van der Waals surface area (Å²) in [5.41, 5.74) is 4.99. The molecule has 3 aromatic rings. The van der Waals surface area contributed by atoms with E-state index >= 15 is 0 Å². The predicted molar refractivity (Wildman–Crippen MR) is 111 cm³/mol.